The summed E-state index contributed by atoms with van der Waals surface area (Å²) in [4.78, 5) is 11.8. The van der Waals surface area contributed by atoms with E-state index in [4.69, 9.17) is 22.1 Å². The van der Waals surface area contributed by atoms with Crippen LogP contribution in [-0.2, 0) is 6.54 Å². The first-order valence-electron chi connectivity index (χ1n) is 6.32. The van der Waals surface area contributed by atoms with Gasteiger partial charge in [-0.15, -0.1) is 0 Å². The summed E-state index contributed by atoms with van der Waals surface area (Å²) >= 11 is 5.97. The Kier molecular flexibility index (Phi) is 4.90. The van der Waals surface area contributed by atoms with Crippen LogP contribution in [-0.4, -0.2) is 13.1 Å². The van der Waals surface area contributed by atoms with Gasteiger partial charge in [-0.2, -0.15) is 0 Å². The summed E-state index contributed by atoms with van der Waals surface area (Å²) in [5.41, 5.74) is 7.78. The highest BCUT2D eigenvalue weighted by Crippen LogP contribution is 2.22. The van der Waals surface area contributed by atoms with Gasteiger partial charge in [0.25, 0.3) is 0 Å². The van der Waals surface area contributed by atoms with Crippen LogP contribution in [0.2, 0.25) is 5.02 Å². The minimum atomic E-state index is -0.336. The number of carbonyl (C=O) groups excluding carboxylic acids is 1. The number of nitrogens with two attached hydrogens (primary N) is 1. The second-order valence-electron chi connectivity index (χ2n) is 4.36. The molecule has 0 saturated carbocycles. The second kappa shape index (κ2) is 6.85. The number of methoxy groups -OCH3 is 1. The van der Waals surface area contributed by atoms with E-state index >= 15 is 0 Å². The summed E-state index contributed by atoms with van der Waals surface area (Å²) in [6.07, 6.45) is 0. The first-order chi connectivity index (χ1) is 10.1. The third-order valence-electron chi connectivity index (χ3n) is 2.87. The summed E-state index contributed by atoms with van der Waals surface area (Å²) in [6, 6.07) is 12.1. The number of ether oxygens (including phenoxy) is 1. The number of nitrogens with one attached hydrogen (secondary N) is 2. The van der Waals surface area contributed by atoms with Crippen LogP contribution in [0.1, 0.15) is 5.56 Å². The van der Waals surface area contributed by atoms with Gasteiger partial charge >= 0.3 is 6.03 Å². The van der Waals surface area contributed by atoms with Gasteiger partial charge in [0.05, 0.1) is 23.5 Å². The molecule has 0 spiro atoms. The van der Waals surface area contributed by atoms with Gasteiger partial charge in [0.1, 0.15) is 5.75 Å². The molecule has 0 heterocycles. The molecule has 2 rings (SSSR count). The molecule has 4 N–H and O–H groups in total. The Hall–Kier alpha value is -2.40. The number of amides is 2. The van der Waals surface area contributed by atoms with Gasteiger partial charge in [0.2, 0.25) is 0 Å². The number of hydrogen-bond donors (Lipinski definition) is 3. The fourth-order valence-corrected chi connectivity index (χ4v) is 1.99. The van der Waals surface area contributed by atoms with E-state index in [2.05, 4.69) is 10.6 Å². The Morgan fingerprint density at radius 1 is 1.29 bits per heavy atom. The molecule has 0 bridgehead atoms. The Morgan fingerprint density at radius 2 is 2.05 bits per heavy atom. The maximum Gasteiger partial charge on any atom is 0.319 e. The Morgan fingerprint density at radius 3 is 2.71 bits per heavy atom. The monoisotopic (exact) mass is 305 g/mol. The zero-order chi connectivity index (χ0) is 15.2. The molecule has 2 amide bonds. The summed E-state index contributed by atoms with van der Waals surface area (Å²) in [5, 5.41) is 5.90. The zero-order valence-corrected chi connectivity index (χ0v) is 12.3. The van der Waals surface area contributed by atoms with Crippen molar-refractivity contribution in [2.24, 2.45) is 0 Å². The second-order valence-corrected chi connectivity index (χ2v) is 4.77. The zero-order valence-electron chi connectivity index (χ0n) is 11.5. The van der Waals surface area contributed by atoms with Crippen LogP contribution < -0.4 is 21.1 Å². The molecule has 2 aromatic rings. The predicted octanol–water partition coefficient (Wildman–Crippen LogP) is 3.25. The molecule has 6 heteroatoms. The van der Waals surface area contributed by atoms with Crippen molar-refractivity contribution in [2.75, 3.05) is 18.2 Å². The van der Waals surface area contributed by atoms with Crippen LogP contribution >= 0.6 is 11.6 Å². The first-order valence-corrected chi connectivity index (χ1v) is 6.69. The largest absolute Gasteiger partial charge is 0.495 e. The van der Waals surface area contributed by atoms with E-state index in [1.165, 1.54) is 0 Å². The van der Waals surface area contributed by atoms with E-state index in [1.54, 1.807) is 43.5 Å². The molecular formula is C15H16ClN3O2. The normalized spacial score (nSPS) is 10.0. The van der Waals surface area contributed by atoms with E-state index in [1.807, 2.05) is 6.07 Å². The van der Waals surface area contributed by atoms with E-state index in [-0.39, 0.29) is 6.03 Å². The molecule has 0 saturated heterocycles. The molecule has 0 aliphatic rings. The minimum absolute atomic E-state index is 0.336. The van der Waals surface area contributed by atoms with Gasteiger partial charge < -0.3 is 21.1 Å². The summed E-state index contributed by atoms with van der Waals surface area (Å²) in [5.74, 6) is 0.610. The molecular weight excluding hydrogens is 290 g/mol. The number of carbonyl (C=O) groups is 1. The highest BCUT2D eigenvalue weighted by Gasteiger charge is 2.06. The van der Waals surface area contributed by atoms with Crippen molar-refractivity contribution in [1.29, 1.82) is 0 Å². The van der Waals surface area contributed by atoms with Gasteiger partial charge in [-0.05, 0) is 29.8 Å². The maximum absolute atomic E-state index is 11.8. The average Bonchev–Trinajstić information content (AvgIpc) is 2.48. The number of benzene rings is 2. The van der Waals surface area contributed by atoms with Crippen molar-refractivity contribution in [2.45, 2.75) is 6.54 Å². The van der Waals surface area contributed by atoms with Gasteiger partial charge in [0.15, 0.2) is 0 Å². The number of nitrogen functional groups attached to an aromatic ring is 1. The number of hydrogen-bond acceptors (Lipinski definition) is 3. The third kappa shape index (κ3) is 4.03. The fourth-order valence-electron chi connectivity index (χ4n) is 1.81. The summed E-state index contributed by atoms with van der Waals surface area (Å²) in [6.45, 7) is 0.352. The van der Waals surface area contributed by atoms with E-state index in [0.717, 1.165) is 5.56 Å². The summed E-state index contributed by atoms with van der Waals surface area (Å²) < 4.78 is 5.08. The van der Waals surface area contributed by atoms with E-state index < -0.39 is 0 Å². The maximum atomic E-state index is 11.8. The quantitative estimate of drug-likeness (QED) is 0.759. The van der Waals surface area contributed by atoms with E-state index in [9.17, 15) is 4.79 Å². The van der Waals surface area contributed by atoms with Gasteiger partial charge in [-0.25, -0.2) is 4.79 Å². The molecule has 5 nitrogen and oxygen atoms in total. The topological polar surface area (TPSA) is 76.4 Å². The molecule has 110 valence electrons. The van der Waals surface area contributed by atoms with Crippen molar-refractivity contribution in [3.05, 3.63) is 53.1 Å². The highest BCUT2D eigenvalue weighted by atomic mass is 35.5. The molecule has 0 aliphatic heterocycles. The lowest BCUT2D eigenvalue weighted by Gasteiger charge is -2.10. The van der Waals surface area contributed by atoms with Crippen LogP contribution in [0.25, 0.3) is 0 Å². The SMILES string of the molecule is COc1ccc(CNC(=O)Nc2ccccc2Cl)cc1N. The van der Waals surface area contributed by atoms with Crippen LogP contribution in [0.15, 0.2) is 42.5 Å². The average molecular weight is 306 g/mol. The molecule has 0 aromatic heterocycles. The lowest BCUT2D eigenvalue weighted by molar-refractivity contribution is 0.251. The van der Waals surface area contributed by atoms with Crippen molar-refractivity contribution in [3.8, 4) is 5.75 Å². The molecule has 0 unspecified atom stereocenters. The number of rotatable bonds is 4. The van der Waals surface area contributed by atoms with E-state index in [0.29, 0.717) is 28.7 Å². The molecule has 0 radical (unpaired) electrons. The Balaban J connectivity index is 1.92. The van der Waals surface area contributed by atoms with Gasteiger partial charge in [0, 0.05) is 6.54 Å². The smallest absolute Gasteiger partial charge is 0.319 e. The van der Waals surface area contributed by atoms with Crippen LogP contribution in [0.3, 0.4) is 0 Å². The van der Waals surface area contributed by atoms with Crippen molar-refractivity contribution < 1.29 is 9.53 Å². The Bertz CT molecular complexity index is 647. The van der Waals surface area contributed by atoms with Crippen molar-refractivity contribution in [1.82, 2.24) is 5.32 Å². The number of urea groups is 1. The lowest BCUT2D eigenvalue weighted by Crippen LogP contribution is -2.28. The lowest BCUT2D eigenvalue weighted by atomic mass is 10.2. The third-order valence-corrected chi connectivity index (χ3v) is 3.20. The number of halogens is 1. The number of para-hydroxylation sites is 1. The van der Waals surface area contributed by atoms with Crippen LogP contribution in [0.5, 0.6) is 5.75 Å². The van der Waals surface area contributed by atoms with Crippen molar-refractivity contribution in [3.63, 3.8) is 0 Å². The van der Waals surface area contributed by atoms with Gasteiger partial charge in [-0.3, -0.25) is 0 Å². The van der Waals surface area contributed by atoms with Gasteiger partial charge in [-0.1, -0.05) is 29.8 Å². The highest BCUT2D eigenvalue weighted by molar-refractivity contribution is 6.33. The summed E-state index contributed by atoms with van der Waals surface area (Å²) in [7, 11) is 1.56. The predicted molar refractivity (Wildman–Crippen MR) is 84.7 cm³/mol. The standard InChI is InChI=1S/C15H16ClN3O2/c1-21-14-7-6-10(8-12(14)17)9-18-15(20)19-13-5-3-2-4-11(13)16/h2-8H,9,17H2,1H3,(H2,18,19,20). The molecule has 0 atom stereocenters. The van der Waals surface area contributed by atoms with Crippen LogP contribution in [0, 0.1) is 0 Å². The first kappa shape index (κ1) is 15.0. The minimum Gasteiger partial charge on any atom is -0.495 e. The van der Waals surface area contributed by atoms with Crippen molar-refractivity contribution >= 4 is 29.0 Å². The molecule has 0 aliphatic carbocycles. The van der Waals surface area contributed by atoms with Crippen LogP contribution in [0.4, 0.5) is 16.2 Å². The molecule has 21 heavy (non-hydrogen) atoms. The molecule has 0 fully saturated rings. The fraction of sp³-hybridized carbons (Fsp3) is 0.133. The Labute approximate surface area is 128 Å². The number of anilines is 2. The molecule has 2 aromatic carbocycles.